The summed E-state index contributed by atoms with van der Waals surface area (Å²) in [6.45, 7) is 8.07. The number of hydrogen-bond donors (Lipinski definition) is 2. The van der Waals surface area contributed by atoms with E-state index in [1.165, 1.54) is 13.0 Å². The van der Waals surface area contributed by atoms with Crippen molar-refractivity contribution in [2.75, 3.05) is 32.7 Å². The summed E-state index contributed by atoms with van der Waals surface area (Å²) < 4.78 is 0. The second-order valence-corrected chi connectivity index (χ2v) is 7.55. The standard InChI is InChI=1S/C16H25N3OS.ClH/c1-16(5-6-17-11-16)12-19-7-2-14(3-8-19)18-15(20)13-4-9-21-10-13;/h4,9-10,14,17H,2-3,5-8,11-12H2,1H3,(H,18,20);1H. The number of carbonyl (C=O) groups is 1. The summed E-state index contributed by atoms with van der Waals surface area (Å²) in [5, 5.41) is 10.5. The minimum Gasteiger partial charge on any atom is -0.349 e. The van der Waals surface area contributed by atoms with E-state index < -0.39 is 0 Å². The van der Waals surface area contributed by atoms with Crippen LogP contribution in [0.3, 0.4) is 0 Å². The maximum absolute atomic E-state index is 12.1. The van der Waals surface area contributed by atoms with Crippen molar-refractivity contribution in [3.8, 4) is 0 Å². The molecule has 1 aromatic heterocycles. The van der Waals surface area contributed by atoms with Crippen LogP contribution in [0, 0.1) is 5.41 Å². The number of hydrogen-bond acceptors (Lipinski definition) is 4. The summed E-state index contributed by atoms with van der Waals surface area (Å²) in [6, 6.07) is 2.23. The molecule has 0 bridgehead atoms. The van der Waals surface area contributed by atoms with Gasteiger partial charge in [0.15, 0.2) is 0 Å². The summed E-state index contributed by atoms with van der Waals surface area (Å²) in [5.41, 5.74) is 1.24. The van der Waals surface area contributed by atoms with Gasteiger partial charge in [-0.3, -0.25) is 4.79 Å². The summed E-state index contributed by atoms with van der Waals surface area (Å²) in [7, 11) is 0. The van der Waals surface area contributed by atoms with Gasteiger partial charge in [-0.15, -0.1) is 12.4 Å². The topological polar surface area (TPSA) is 44.4 Å². The van der Waals surface area contributed by atoms with Crippen molar-refractivity contribution in [2.45, 2.75) is 32.2 Å². The van der Waals surface area contributed by atoms with Crippen LogP contribution in [0.4, 0.5) is 0 Å². The average Bonchev–Trinajstić information content (AvgIpc) is 3.13. The molecule has 2 aliphatic heterocycles. The van der Waals surface area contributed by atoms with Gasteiger partial charge in [0, 0.05) is 43.2 Å². The predicted molar refractivity (Wildman–Crippen MR) is 94.1 cm³/mol. The zero-order chi connectivity index (χ0) is 14.7. The van der Waals surface area contributed by atoms with Crippen LogP contribution in [0.2, 0.25) is 0 Å². The number of carbonyl (C=O) groups excluding carboxylic acids is 1. The smallest absolute Gasteiger partial charge is 0.252 e. The van der Waals surface area contributed by atoms with Crippen LogP contribution in [-0.4, -0.2) is 49.6 Å². The quantitative estimate of drug-likeness (QED) is 0.882. The van der Waals surface area contributed by atoms with Crippen LogP contribution in [0.5, 0.6) is 0 Å². The Morgan fingerprint density at radius 3 is 2.86 bits per heavy atom. The van der Waals surface area contributed by atoms with Gasteiger partial charge in [-0.2, -0.15) is 11.3 Å². The molecule has 3 rings (SSSR count). The minimum atomic E-state index is 0. The molecule has 2 saturated heterocycles. The fourth-order valence-electron chi connectivity index (χ4n) is 3.44. The van der Waals surface area contributed by atoms with Crippen molar-refractivity contribution in [3.63, 3.8) is 0 Å². The van der Waals surface area contributed by atoms with E-state index in [2.05, 4.69) is 22.5 Å². The SMILES string of the molecule is CC1(CN2CCC(NC(=O)c3ccsc3)CC2)CCNC1.Cl. The van der Waals surface area contributed by atoms with Gasteiger partial charge in [0.2, 0.25) is 0 Å². The van der Waals surface area contributed by atoms with E-state index in [9.17, 15) is 4.79 Å². The highest BCUT2D eigenvalue weighted by atomic mass is 35.5. The van der Waals surface area contributed by atoms with Crippen LogP contribution >= 0.6 is 23.7 Å². The molecule has 0 aromatic carbocycles. The van der Waals surface area contributed by atoms with Gasteiger partial charge in [-0.1, -0.05) is 6.92 Å². The first-order chi connectivity index (χ1) is 10.1. The Labute approximate surface area is 143 Å². The monoisotopic (exact) mass is 343 g/mol. The molecule has 6 heteroatoms. The summed E-state index contributed by atoms with van der Waals surface area (Å²) in [4.78, 5) is 14.6. The van der Waals surface area contributed by atoms with Gasteiger partial charge in [-0.05, 0) is 42.7 Å². The highest BCUT2D eigenvalue weighted by Gasteiger charge is 2.32. The van der Waals surface area contributed by atoms with Crippen molar-refractivity contribution in [2.24, 2.45) is 5.41 Å². The molecule has 2 N–H and O–H groups in total. The third-order valence-electron chi connectivity index (χ3n) is 4.77. The number of halogens is 1. The predicted octanol–water partition coefficient (Wildman–Crippen LogP) is 2.36. The number of nitrogens with zero attached hydrogens (tertiary/aromatic N) is 1. The molecule has 0 radical (unpaired) electrons. The molecule has 1 unspecified atom stereocenters. The minimum absolute atomic E-state index is 0. The molecule has 0 saturated carbocycles. The number of likely N-dealkylation sites (tertiary alicyclic amines) is 1. The molecule has 0 spiro atoms. The van der Waals surface area contributed by atoms with E-state index in [4.69, 9.17) is 0 Å². The van der Waals surface area contributed by atoms with Crippen LogP contribution < -0.4 is 10.6 Å². The fraction of sp³-hybridized carbons (Fsp3) is 0.688. The number of rotatable bonds is 4. The Hall–Kier alpha value is -0.620. The largest absolute Gasteiger partial charge is 0.349 e. The normalized spacial score (nSPS) is 26.6. The van der Waals surface area contributed by atoms with Gasteiger partial charge in [0.1, 0.15) is 0 Å². The van der Waals surface area contributed by atoms with Crippen LogP contribution in [0.25, 0.3) is 0 Å². The van der Waals surface area contributed by atoms with E-state index >= 15 is 0 Å². The first kappa shape index (κ1) is 17.7. The number of piperidine rings is 1. The molecule has 2 aliphatic rings. The maximum atomic E-state index is 12.1. The average molecular weight is 344 g/mol. The molecule has 3 heterocycles. The zero-order valence-electron chi connectivity index (χ0n) is 13.1. The Bertz CT molecular complexity index is 466. The van der Waals surface area contributed by atoms with Gasteiger partial charge in [0.05, 0.1) is 0 Å². The van der Waals surface area contributed by atoms with Crippen molar-refractivity contribution in [1.29, 1.82) is 0 Å². The van der Waals surface area contributed by atoms with E-state index in [0.717, 1.165) is 44.6 Å². The Morgan fingerprint density at radius 1 is 1.50 bits per heavy atom. The molecule has 2 fully saturated rings. The van der Waals surface area contributed by atoms with Gasteiger partial charge < -0.3 is 15.5 Å². The fourth-order valence-corrected chi connectivity index (χ4v) is 4.08. The third kappa shape index (κ3) is 4.44. The summed E-state index contributed by atoms with van der Waals surface area (Å²) in [5.74, 6) is 0.0849. The van der Waals surface area contributed by atoms with Gasteiger partial charge in [-0.25, -0.2) is 0 Å². The Kier molecular flexibility index (Phi) is 6.26. The van der Waals surface area contributed by atoms with Crippen molar-refractivity contribution < 1.29 is 4.79 Å². The molecule has 1 aromatic rings. The zero-order valence-corrected chi connectivity index (χ0v) is 14.8. The van der Waals surface area contributed by atoms with Crippen molar-refractivity contribution >= 4 is 29.7 Å². The van der Waals surface area contributed by atoms with Gasteiger partial charge in [0.25, 0.3) is 5.91 Å². The molecule has 22 heavy (non-hydrogen) atoms. The lowest BCUT2D eigenvalue weighted by Gasteiger charge is -2.37. The highest BCUT2D eigenvalue weighted by molar-refractivity contribution is 7.08. The molecular formula is C16H26ClN3OS. The van der Waals surface area contributed by atoms with E-state index in [1.807, 2.05) is 16.8 Å². The number of nitrogens with one attached hydrogen (secondary N) is 2. The number of thiophene rings is 1. The number of amides is 1. The second kappa shape index (κ2) is 7.77. The third-order valence-corrected chi connectivity index (χ3v) is 5.45. The van der Waals surface area contributed by atoms with Crippen molar-refractivity contribution in [3.05, 3.63) is 22.4 Å². The molecular weight excluding hydrogens is 318 g/mol. The lowest BCUT2D eigenvalue weighted by Crippen LogP contribution is -2.47. The van der Waals surface area contributed by atoms with Crippen LogP contribution in [0.15, 0.2) is 16.8 Å². The highest BCUT2D eigenvalue weighted by Crippen LogP contribution is 2.27. The van der Waals surface area contributed by atoms with Crippen LogP contribution in [-0.2, 0) is 0 Å². The molecule has 1 amide bonds. The first-order valence-electron chi connectivity index (χ1n) is 7.91. The molecule has 1 atom stereocenters. The molecule has 4 nitrogen and oxygen atoms in total. The van der Waals surface area contributed by atoms with Crippen LogP contribution in [0.1, 0.15) is 36.5 Å². The second-order valence-electron chi connectivity index (χ2n) is 6.77. The molecule has 124 valence electrons. The van der Waals surface area contributed by atoms with E-state index in [-0.39, 0.29) is 18.3 Å². The van der Waals surface area contributed by atoms with E-state index in [1.54, 1.807) is 11.3 Å². The van der Waals surface area contributed by atoms with Gasteiger partial charge >= 0.3 is 0 Å². The molecule has 0 aliphatic carbocycles. The summed E-state index contributed by atoms with van der Waals surface area (Å²) >= 11 is 1.57. The Balaban J connectivity index is 0.00000176. The Morgan fingerprint density at radius 2 is 2.27 bits per heavy atom. The lowest BCUT2D eigenvalue weighted by atomic mass is 9.88. The maximum Gasteiger partial charge on any atom is 0.252 e. The lowest BCUT2D eigenvalue weighted by molar-refractivity contribution is 0.0892. The van der Waals surface area contributed by atoms with Crippen molar-refractivity contribution in [1.82, 2.24) is 15.5 Å². The summed E-state index contributed by atoms with van der Waals surface area (Å²) in [6.07, 6.45) is 3.42. The first-order valence-corrected chi connectivity index (χ1v) is 8.85. The van der Waals surface area contributed by atoms with E-state index in [0.29, 0.717) is 11.5 Å².